The van der Waals surface area contributed by atoms with Crippen molar-refractivity contribution in [3.63, 3.8) is 0 Å². The highest BCUT2D eigenvalue weighted by Gasteiger charge is 2.40. The molecule has 0 aliphatic carbocycles. The molecule has 1 aromatic carbocycles. The monoisotopic (exact) mass is 592 g/mol. The molecular formula is C27H30F2N4O7S. The Hall–Kier alpha value is -3.91. The smallest absolute Gasteiger partial charge is 0.323 e. The van der Waals surface area contributed by atoms with Crippen molar-refractivity contribution in [2.75, 3.05) is 6.54 Å². The van der Waals surface area contributed by atoms with Crippen molar-refractivity contribution in [3.05, 3.63) is 65.2 Å². The number of hydrogen-bond acceptors (Lipinski definition) is 7. The Morgan fingerprint density at radius 1 is 1.17 bits per heavy atom. The number of nitrogens with zero attached hydrogens (tertiary/aromatic N) is 2. The molecule has 2 aromatic heterocycles. The first kappa shape index (κ1) is 30.1. The zero-order valence-electron chi connectivity index (χ0n) is 22.6. The maximum Gasteiger partial charge on any atom is 0.323 e. The molecule has 1 aliphatic heterocycles. The largest absolute Gasteiger partial charge is 0.618 e. The minimum atomic E-state index is -4.31. The van der Waals surface area contributed by atoms with E-state index in [0.717, 1.165) is 28.7 Å². The Morgan fingerprint density at radius 3 is 2.56 bits per heavy atom. The number of halogens is 2. The van der Waals surface area contributed by atoms with Crippen molar-refractivity contribution in [1.82, 2.24) is 14.9 Å². The van der Waals surface area contributed by atoms with Crippen LogP contribution in [0.5, 0.6) is 0 Å². The molecule has 3 heterocycles. The number of ketones is 1. The molecule has 41 heavy (non-hydrogen) atoms. The Labute approximate surface area is 235 Å². The van der Waals surface area contributed by atoms with Crippen LogP contribution >= 0.6 is 0 Å². The van der Waals surface area contributed by atoms with Gasteiger partial charge in [-0.05, 0) is 50.3 Å². The number of fused-ring (bicyclic) bond motifs is 1. The number of hydrogen-bond donors (Lipinski definition) is 2. The van der Waals surface area contributed by atoms with E-state index >= 15 is 0 Å². The highest BCUT2D eigenvalue weighted by molar-refractivity contribution is 7.89. The van der Waals surface area contributed by atoms with E-state index in [1.807, 2.05) is 13.8 Å². The molecule has 3 aromatic rings. The fourth-order valence-corrected chi connectivity index (χ4v) is 6.35. The second-order valence-electron chi connectivity index (χ2n) is 10.4. The predicted molar refractivity (Wildman–Crippen MR) is 142 cm³/mol. The number of Topliss-reactive ketones (excluding diaryl/α,β-unsaturated/α-hetero) is 1. The third-order valence-electron chi connectivity index (χ3n) is 6.86. The first-order chi connectivity index (χ1) is 19.3. The minimum Gasteiger partial charge on any atom is -0.618 e. The number of aromatic nitrogens is 1. The number of carbonyl (C=O) groups is 3. The molecule has 2 N–H and O–H groups in total. The molecule has 11 nitrogen and oxygen atoms in total. The van der Waals surface area contributed by atoms with Crippen LogP contribution in [0.2, 0.25) is 0 Å². The number of pyridine rings is 1. The summed E-state index contributed by atoms with van der Waals surface area (Å²) in [5.74, 6) is -4.59. The lowest BCUT2D eigenvalue weighted by Crippen LogP contribution is -2.53. The van der Waals surface area contributed by atoms with Gasteiger partial charge in [0.1, 0.15) is 11.6 Å². The first-order valence-corrected chi connectivity index (χ1v) is 14.4. The van der Waals surface area contributed by atoms with Crippen molar-refractivity contribution < 1.29 is 40.7 Å². The van der Waals surface area contributed by atoms with Crippen LogP contribution in [0.15, 0.2) is 52.0 Å². The van der Waals surface area contributed by atoms with Gasteiger partial charge in [0.25, 0.3) is 5.91 Å². The van der Waals surface area contributed by atoms with Crippen molar-refractivity contribution in [1.29, 1.82) is 0 Å². The summed E-state index contributed by atoms with van der Waals surface area (Å²) in [4.78, 5) is 39.3. The molecule has 1 saturated heterocycles. The van der Waals surface area contributed by atoms with Gasteiger partial charge in [-0.2, -0.15) is 9.04 Å². The summed E-state index contributed by atoms with van der Waals surface area (Å²) in [6, 6.07) is 4.09. The molecule has 0 bridgehead atoms. The summed E-state index contributed by atoms with van der Waals surface area (Å²) < 4.78 is 60.0. The maximum absolute atomic E-state index is 13.6. The van der Waals surface area contributed by atoms with E-state index in [4.69, 9.17) is 4.42 Å². The van der Waals surface area contributed by atoms with Gasteiger partial charge in [-0.3, -0.25) is 14.4 Å². The van der Waals surface area contributed by atoms with E-state index in [-0.39, 0.29) is 46.6 Å². The summed E-state index contributed by atoms with van der Waals surface area (Å²) in [5, 5.41) is 17.0. The van der Waals surface area contributed by atoms with Gasteiger partial charge in [0.2, 0.25) is 5.91 Å². The number of rotatable bonds is 8. The predicted octanol–water partition coefficient (Wildman–Crippen LogP) is 2.42. The van der Waals surface area contributed by atoms with Crippen LogP contribution in [0.1, 0.15) is 50.6 Å². The van der Waals surface area contributed by atoms with E-state index < -0.39 is 69.0 Å². The lowest BCUT2D eigenvalue weighted by molar-refractivity contribution is -0.646. The molecule has 0 saturated carbocycles. The standard InChI is InChI=1S/C27H30F2N4O7S/c1-15(2)10-21(31-27(36)24-12-17-11-18(28)19(29)13-23(17)40-24)26(35)30-20-8-7-16(3)33(14-22(20)34)41(38,39)25-6-4-5-9-32(25)37/h4-6,9,11-13,15-16,20-21H,7-8,10,14H2,1-3H3,(H,30,35)(H,31,36)/t16-,20+,21+/m1/s1. The van der Waals surface area contributed by atoms with Gasteiger partial charge in [-0.25, -0.2) is 17.2 Å². The number of carbonyl (C=O) groups excluding carboxylic acids is 3. The molecular weight excluding hydrogens is 562 g/mol. The third kappa shape index (κ3) is 6.54. The topological polar surface area (TPSA) is 153 Å². The molecule has 3 atom stereocenters. The molecule has 1 aliphatic rings. The summed E-state index contributed by atoms with van der Waals surface area (Å²) in [6.45, 7) is 4.70. The van der Waals surface area contributed by atoms with Crippen molar-refractivity contribution in [2.45, 2.75) is 63.2 Å². The second-order valence-corrected chi connectivity index (χ2v) is 12.3. The van der Waals surface area contributed by atoms with Gasteiger partial charge < -0.3 is 20.3 Å². The van der Waals surface area contributed by atoms with E-state index in [2.05, 4.69) is 10.6 Å². The Balaban J connectivity index is 1.49. The van der Waals surface area contributed by atoms with Gasteiger partial charge in [0.05, 0.1) is 12.6 Å². The highest BCUT2D eigenvalue weighted by atomic mass is 32.2. The number of sulfonamides is 1. The molecule has 220 valence electrons. The fourth-order valence-electron chi connectivity index (χ4n) is 4.69. The number of nitrogens with one attached hydrogen (secondary N) is 2. The Morgan fingerprint density at radius 2 is 1.88 bits per heavy atom. The van der Waals surface area contributed by atoms with Crippen LogP contribution in [0.25, 0.3) is 11.0 Å². The van der Waals surface area contributed by atoms with E-state index in [0.29, 0.717) is 0 Å². The molecule has 0 unspecified atom stereocenters. The van der Waals surface area contributed by atoms with Crippen LogP contribution in [0, 0.1) is 22.8 Å². The zero-order valence-corrected chi connectivity index (χ0v) is 23.4. The minimum absolute atomic E-state index is 0.0467. The number of amides is 2. The highest BCUT2D eigenvalue weighted by Crippen LogP contribution is 2.24. The fraction of sp³-hybridized carbons (Fsp3) is 0.407. The van der Waals surface area contributed by atoms with Crippen LogP contribution in [-0.2, 0) is 19.6 Å². The van der Waals surface area contributed by atoms with Gasteiger partial charge >= 0.3 is 15.0 Å². The van der Waals surface area contributed by atoms with Gasteiger partial charge in [0.15, 0.2) is 29.4 Å². The van der Waals surface area contributed by atoms with E-state index in [1.165, 1.54) is 18.2 Å². The summed E-state index contributed by atoms with van der Waals surface area (Å²) in [7, 11) is -4.31. The Kier molecular flexibility index (Phi) is 8.73. The summed E-state index contributed by atoms with van der Waals surface area (Å²) in [6.07, 6.45) is 1.59. The van der Waals surface area contributed by atoms with E-state index in [1.54, 1.807) is 6.92 Å². The van der Waals surface area contributed by atoms with Gasteiger partial charge in [0, 0.05) is 29.6 Å². The normalized spacial score (nSPS) is 19.2. The van der Waals surface area contributed by atoms with Crippen molar-refractivity contribution in [3.8, 4) is 0 Å². The lowest BCUT2D eigenvalue weighted by Gasteiger charge is -2.24. The molecule has 0 spiro atoms. The molecule has 0 radical (unpaired) electrons. The summed E-state index contributed by atoms with van der Waals surface area (Å²) >= 11 is 0. The molecule has 1 fully saturated rings. The van der Waals surface area contributed by atoms with Crippen molar-refractivity contribution in [2.24, 2.45) is 5.92 Å². The molecule has 14 heteroatoms. The van der Waals surface area contributed by atoms with E-state index in [9.17, 15) is 36.8 Å². The lowest BCUT2D eigenvalue weighted by atomic mass is 10.0. The quantitative estimate of drug-likeness (QED) is 0.301. The maximum atomic E-state index is 13.6. The third-order valence-corrected chi connectivity index (χ3v) is 8.81. The van der Waals surface area contributed by atoms with Crippen LogP contribution < -0.4 is 15.4 Å². The Bertz CT molecular complexity index is 1550. The van der Waals surface area contributed by atoms with Gasteiger partial charge in [-0.1, -0.05) is 13.8 Å². The average molecular weight is 593 g/mol. The first-order valence-electron chi connectivity index (χ1n) is 13.0. The molecule has 4 rings (SSSR count). The summed E-state index contributed by atoms with van der Waals surface area (Å²) in [5.41, 5.74) is -0.0467. The molecule has 2 amide bonds. The van der Waals surface area contributed by atoms with Crippen LogP contribution in [0.4, 0.5) is 8.78 Å². The number of furan rings is 1. The zero-order chi connectivity index (χ0) is 30.1. The SMILES string of the molecule is CC(C)C[C@H](NC(=O)c1cc2cc(F)c(F)cc2o1)C(=O)N[C@H]1CC[C@@H](C)N(S(=O)(=O)c2cccc[n+]2[O-])CC1=O. The van der Waals surface area contributed by atoms with Crippen LogP contribution in [-0.4, -0.2) is 55.0 Å². The van der Waals surface area contributed by atoms with Gasteiger partial charge in [-0.15, -0.1) is 0 Å². The average Bonchev–Trinajstić information content (AvgIpc) is 3.25. The number of benzene rings is 1. The second kappa shape index (κ2) is 11.9. The van der Waals surface area contributed by atoms with Crippen molar-refractivity contribution >= 4 is 38.6 Å². The van der Waals surface area contributed by atoms with Crippen LogP contribution in [0.3, 0.4) is 0 Å².